The van der Waals surface area contributed by atoms with E-state index in [1.807, 2.05) is 54.9 Å². The maximum absolute atomic E-state index is 6.17. The molecular weight excluding hydrogens is 432 g/mol. The van der Waals surface area contributed by atoms with Crippen molar-refractivity contribution in [2.24, 2.45) is 0 Å². The van der Waals surface area contributed by atoms with Crippen LogP contribution in [0, 0.1) is 13.8 Å². The average molecular weight is 450 g/mol. The fourth-order valence-corrected chi connectivity index (χ4v) is 3.28. The highest BCUT2D eigenvalue weighted by molar-refractivity contribution is 9.10. The quantitative estimate of drug-likeness (QED) is 0.496. The molecule has 4 nitrogen and oxygen atoms in total. The highest BCUT2D eigenvalue weighted by Gasteiger charge is 2.13. The topological polar surface area (TPSA) is 41.9 Å². The van der Waals surface area contributed by atoms with Gasteiger partial charge in [-0.25, -0.2) is 0 Å². The summed E-state index contributed by atoms with van der Waals surface area (Å²) in [5.74, 6) is 0. The fourth-order valence-electron chi connectivity index (χ4n) is 2.62. The number of nitrogens with zero attached hydrogens (tertiary/aromatic N) is 2. The van der Waals surface area contributed by atoms with Crippen LogP contribution in [-0.4, -0.2) is 14.9 Å². The van der Waals surface area contributed by atoms with Gasteiger partial charge in [0.1, 0.15) is 0 Å². The summed E-state index contributed by atoms with van der Waals surface area (Å²) in [6, 6.07) is 15.7. The number of para-hydroxylation sites is 1. The highest BCUT2D eigenvalue weighted by Crippen LogP contribution is 2.23. The largest absolute Gasteiger partial charge is 0.331 e. The van der Waals surface area contributed by atoms with Crippen molar-refractivity contribution in [3.8, 4) is 0 Å². The third-order valence-corrected chi connectivity index (χ3v) is 5.05. The Morgan fingerprint density at radius 1 is 1.12 bits per heavy atom. The van der Waals surface area contributed by atoms with Crippen molar-refractivity contribution in [3.63, 3.8) is 0 Å². The van der Waals surface area contributed by atoms with Crippen LogP contribution in [0.4, 0.5) is 11.4 Å². The SMILES string of the molecule is Cc1nn(Cc2ccc(Br)cc2)c(C)c1NC(=S)Nc1ccccc1Cl. The van der Waals surface area contributed by atoms with E-state index in [1.54, 1.807) is 0 Å². The zero-order valence-corrected chi connectivity index (χ0v) is 17.5. The van der Waals surface area contributed by atoms with E-state index in [-0.39, 0.29) is 0 Å². The number of thiocarbonyl (C=S) groups is 1. The summed E-state index contributed by atoms with van der Waals surface area (Å²) in [6.07, 6.45) is 0. The number of rotatable bonds is 4. The third kappa shape index (κ3) is 4.44. The first-order valence-corrected chi connectivity index (χ1v) is 9.63. The first kappa shape index (κ1) is 18.9. The lowest BCUT2D eigenvalue weighted by Crippen LogP contribution is -2.20. The van der Waals surface area contributed by atoms with E-state index in [0.29, 0.717) is 16.7 Å². The van der Waals surface area contributed by atoms with Crippen LogP contribution < -0.4 is 10.6 Å². The van der Waals surface area contributed by atoms with E-state index in [9.17, 15) is 0 Å². The Balaban J connectivity index is 1.74. The molecule has 1 aromatic heterocycles. The minimum absolute atomic E-state index is 0.479. The van der Waals surface area contributed by atoms with Crippen LogP contribution in [0.5, 0.6) is 0 Å². The van der Waals surface area contributed by atoms with Gasteiger partial charge in [0, 0.05) is 4.47 Å². The molecule has 0 fully saturated rings. The maximum atomic E-state index is 6.17. The number of hydrogen-bond donors (Lipinski definition) is 2. The predicted molar refractivity (Wildman–Crippen MR) is 116 cm³/mol. The molecule has 7 heteroatoms. The van der Waals surface area contributed by atoms with E-state index in [1.165, 1.54) is 5.56 Å². The van der Waals surface area contributed by atoms with Crippen molar-refractivity contribution in [2.75, 3.05) is 10.6 Å². The number of aryl methyl sites for hydroxylation is 1. The van der Waals surface area contributed by atoms with Gasteiger partial charge in [-0.3, -0.25) is 4.68 Å². The molecule has 0 radical (unpaired) electrons. The van der Waals surface area contributed by atoms with Gasteiger partial charge in [0.25, 0.3) is 0 Å². The molecule has 134 valence electrons. The van der Waals surface area contributed by atoms with Gasteiger partial charge in [-0.15, -0.1) is 0 Å². The second-order valence-electron chi connectivity index (χ2n) is 5.89. The van der Waals surface area contributed by atoms with E-state index < -0.39 is 0 Å². The summed E-state index contributed by atoms with van der Waals surface area (Å²) in [6.45, 7) is 4.69. The van der Waals surface area contributed by atoms with Crippen molar-refractivity contribution >= 4 is 56.2 Å². The summed E-state index contributed by atoms with van der Waals surface area (Å²) < 4.78 is 3.03. The number of hydrogen-bond acceptors (Lipinski definition) is 2. The maximum Gasteiger partial charge on any atom is 0.175 e. The summed E-state index contributed by atoms with van der Waals surface area (Å²) in [5.41, 5.74) is 4.77. The van der Waals surface area contributed by atoms with Crippen molar-refractivity contribution in [1.29, 1.82) is 0 Å². The molecule has 3 aromatic rings. The van der Waals surface area contributed by atoms with Gasteiger partial charge in [0.2, 0.25) is 0 Å². The molecule has 2 aromatic carbocycles. The second kappa shape index (κ2) is 8.20. The van der Waals surface area contributed by atoms with Crippen molar-refractivity contribution in [2.45, 2.75) is 20.4 Å². The number of nitrogens with one attached hydrogen (secondary N) is 2. The van der Waals surface area contributed by atoms with Crippen LogP contribution in [0.25, 0.3) is 0 Å². The number of aromatic nitrogens is 2. The van der Waals surface area contributed by atoms with Gasteiger partial charge in [0.15, 0.2) is 5.11 Å². The molecule has 0 spiro atoms. The number of benzene rings is 2. The number of anilines is 2. The summed E-state index contributed by atoms with van der Waals surface area (Å²) in [4.78, 5) is 0. The zero-order valence-electron chi connectivity index (χ0n) is 14.4. The molecule has 0 atom stereocenters. The van der Waals surface area contributed by atoms with Gasteiger partial charge >= 0.3 is 0 Å². The Kier molecular flexibility index (Phi) is 5.96. The molecule has 0 saturated carbocycles. The molecule has 26 heavy (non-hydrogen) atoms. The molecule has 0 aliphatic rings. The normalized spacial score (nSPS) is 10.6. The van der Waals surface area contributed by atoms with Gasteiger partial charge < -0.3 is 10.6 Å². The van der Waals surface area contributed by atoms with Crippen LogP contribution in [0.3, 0.4) is 0 Å². The van der Waals surface area contributed by atoms with Crippen molar-refractivity contribution < 1.29 is 0 Å². The van der Waals surface area contributed by atoms with E-state index >= 15 is 0 Å². The fraction of sp³-hybridized carbons (Fsp3) is 0.158. The molecule has 1 heterocycles. The Bertz CT molecular complexity index is 937. The van der Waals surface area contributed by atoms with Crippen LogP contribution in [-0.2, 0) is 6.54 Å². The summed E-state index contributed by atoms with van der Waals surface area (Å²) >= 11 is 15.1. The molecule has 0 aliphatic carbocycles. The Morgan fingerprint density at radius 3 is 2.50 bits per heavy atom. The Morgan fingerprint density at radius 2 is 1.81 bits per heavy atom. The average Bonchev–Trinajstić information content (AvgIpc) is 2.86. The van der Waals surface area contributed by atoms with Crippen molar-refractivity contribution in [1.82, 2.24) is 9.78 Å². The van der Waals surface area contributed by atoms with Crippen molar-refractivity contribution in [3.05, 3.63) is 75.0 Å². The van der Waals surface area contributed by atoms with E-state index in [2.05, 4.69) is 43.8 Å². The smallest absolute Gasteiger partial charge is 0.175 e. The van der Waals surface area contributed by atoms with Crippen LogP contribution in [0.2, 0.25) is 5.02 Å². The molecule has 0 unspecified atom stereocenters. The second-order valence-corrected chi connectivity index (χ2v) is 7.62. The predicted octanol–water partition coefficient (Wildman–Crippen LogP) is 5.77. The van der Waals surface area contributed by atoms with Gasteiger partial charge in [-0.05, 0) is 55.9 Å². The molecule has 0 aliphatic heterocycles. The first-order chi connectivity index (χ1) is 12.4. The molecule has 2 N–H and O–H groups in total. The molecule has 3 rings (SSSR count). The third-order valence-electron chi connectivity index (χ3n) is 3.99. The van der Waals surface area contributed by atoms with E-state index in [4.69, 9.17) is 23.8 Å². The summed E-state index contributed by atoms with van der Waals surface area (Å²) in [7, 11) is 0. The molecular formula is C19H18BrClN4S. The van der Waals surface area contributed by atoms with E-state index in [0.717, 1.165) is 27.2 Å². The standard InChI is InChI=1S/C19H18BrClN4S/c1-12-18(23-19(26)22-17-6-4-3-5-16(17)21)13(2)25(24-12)11-14-7-9-15(20)10-8-14/h3-10H,11H2,1-2H3,(H2,22,23,26). The Hall–Kier alpha value is -1.89. The lowest BCUT2D eigenvalue weighted by atomic mass is 10.2. The molecule has 0 saturated heterocycles. The van der Waals surface area contributed by atoms with Crippen LogP contribution in [0.1, 0.15) is 17.0 Å². The minimum atomic E-state index is 0.479. The monoisotopic (exact) mass is 448 g/mol. The zero-order chi connectivity index (χ0) is 18.7. The lowest BCUT2D eigenvalue weighted by molar-refractivity contribution is 0.659. The van der Waals surface area contributed by atoms with Crippen LogP contribution >= 0.6 is 39.7 Å². The lowest BCUT2D eigenvalue weighted by Gasteiger charge is -2.12. The molecule has 0 amide bonds. The van der Waals surface area contributed by atoms with Gasteiger partial charge in [0.05, 0.1) is 34.3 Å². The van der Waals surface area contributed by atoms with Gasteiger partial charge in [-0.1, -0.05) is 51.8 Å². The first-order valence-electron chi connectivity index (χ1n) is 8.05. The Labute approximate surface area is 171 Å². The van der Waals surface area contributed by atoms with Gasteiger partial charge in [-0.2, -0.15) is 5.10 Å². The van der Waals surface area contributed by atoms with Crippen LogP contribution in [0.15, 0.2) is 53.0 Å². The molecule has 0 bridgehead atoms. The minimum Gasteiger partial charge on any atom is -0.331 e. The summed E-state index contributed by atoms with van der Waals surface area (Å²) in [5, 5.41) is 12.1. The number of halogens is 2. The highest BCUT2D eigenvalue weighted by atomic mass is 79.9.